The minimum absolute atomic E-state index is 0.0153. The van der Waals surface area contributed by atoms with Crippen LogP contribution in [0.25, 0.3) is 0 Å². The zero-order chi connectivity index (χ0) is 15.0. The summed E-state index contributed by atoms with van der Waals surface area (Å²) in [6.07, 6.45) is -4.63. The summed E-state index contributed by atoms with van der Waals surface area (Å²) in [5.74, 6) is 5.20. The van der Waals surface area contributed by atoms with E-state index in [0.29, 0.717) is 11.3 Å². The third-order valence-corrected chi connectivity index (χ3v) is 3.32. The summed E-state index contributed by atoms with van der Waals surface area (Å²) in [5.41, 5.74) is 5.24. The molecule has 0 radical (unpaired) electrons. The average molecular weight is 304 g/mol. The summed E-state index contributed by atoms with van der Waals surface area (Å²) in [7, 11) is 0. The molecule has 7 heteroatoms. The van der Waals surface area contributed by atoms with Gasteiger partial charge in [0.15, 0.2) is 0 Å². The Labute approximate surface area is 119 Å². The molecule has 1 aromatic heterocycles. The molecule has 1 heterocycles. The molecule has 0 bridgehead atoms. The second-order valence-electron chi connectivity index (χ2n) is 4.00. The number of nitrogens with two attached hydrogens (primary N) is 1. The number of halogens is 3. The van der Waals surface area contributed by atoms with E-state index in [1.54, 1.807) is 12.1 Å². The average Bonchev–Trinajstić information content (AvgIpc) is 2.83. The highest BCUT2D eigenvalue weighted by molar-refractivity contribution is 7.14. The predicted octanol–water partition coefficient (Wildman–Crippen LogP) is 2.52. The molecule has 1 aromatic rings. The lowest BCUT2D eigenvalue weighted by Gasteiger charge is -2.06. The second kappa shape index (κ2) is 7.92. The molecular formula is C13H15F3N2OS. The summed E-state index contributed by atoms with van der Waals surface area (Å²) in [6, 6.07) is 3.35. The first-order chi connectivity index (χ1) is 9.42. The minimum Gasteiger partial charge on any atom is -0.351 e. The molecule has 3 nitrogen and oxygen atoms in total. The van der Waals surface area contributed by atoms with Gasteiger partial charge in [-0.1, -0.05) is 11.8 Å². The molecule has 1 amide bonds. The van der Waals surface area contributed by atoms with Gasteiger partial charge in [0, 0.05) is 13.0 Å². The summed E-state index contributed by atoms with van der Waals surface area (Å²) < 4.78 is 35.7. The van der Waals surface area contributed by atoms with Crippen LogP contribution in [0.15, 0.2) is 12.1 Å². The molecule has 0 atom stereocenters. The zero-order valence-corrected chi connectivity index (χ0v) is 11.5. The maximum Gasteiger partial charge on any atom is 0.389 e. The highest BCUT2D eigenvalue weighted by Crippen LogP contribution is 2.22. The van der Waals surface area contributed by atoms with E-state index in [9.17, 15) is 18.0 Å². The monoisotopic (exact) mass is 304 g/mol. The highest BCUT2D eigenvalue weighted by Gasteiger charge is 2.25. The standard InChI is InChI=1S/C13H15F3N2OS/c14-13(15,16)7-1-2-9-18-12(19)11-6-5-10(20-11)4-3-8-17/h5-6H,1-2,7-9,17H2,(H,18,19). The first-order valence-corrected chi connectivity index (χ1v) is 6.88. The fraction of sp³-hybridized carbons (Fsp3) is 0.462. The van der Waals surface area contributed by atoms with Crippen LogP contribution in [-0.2, 0) is 0 Å². The van der Waals surface area contributed by atoms with Crippen LogP contribution in [-0.4, -0.2) is 25.2 Å². The molecule has 20 heavy (non-hydrogen) atoms. The van der Waals surface area contributed by atoms with Gasteiger partial charge in [-0.05, 0) is 25.0 Å². The van der Waals surface area contributed by atoms with E-state index in [0.717, 1.165) is 4.88 Å². The van der Waals surface area contributed by atoms with Crippen LogP contribution in [0.3, 0.4) is 0 Å². The molecule has 0 fully saturated rings. The summed E-state index contributed by atoms with van der Waals surface area (Å²) >= 11 is 1.23. The van der Waals surface area contributed by atoms with Gasteiger partial charge in [0.2, 0.25) is 0 Å². The van der Waals surface area contributed by atoms with E-state index in [1.165, 1.54) is 11.3 Å². The Balaban J connectivity index is 2.31. The van der Waals surface area contributed by atoms with Gasteiger partial charge in [-0.25, -0.2) is 0 Å². The number of rotatable bonds is 5. The van der Waals surface area contributed by atoms with Crippen LogP contribution in [0, 0.1) is 11.8 Å². The third-order valence-electron chi connectivity index (χ3n) is 2.32. The molecule has 1 rings (SSSR count). The Morgan fingerprint density at radius 2 is 2.10 bits per heavy atom. The fourth-order valence-corrected chi connectivity index (χ4v) is 2.20. The molecule has 0 saturated carbocycles. The third kappa shape index (κ3) is 6.59. The number of carbonyl (C=O) groups is 1. The smallest absolute Gasteiger partial charge is 0.351 e. The Morgan fingerprint density at radius 1 is 1.35 bits per heavy atom. The van der Waals surface area contributed by atoms with Crippen LogP contribution >= 0.6 is 11.3 Å². The first-order valence-electron chi connectivity index (χ1n) is 6.06. The molecule has 0 aromatic carbocycles. The van der Waals surface area contributed by atoms with Gasteiger partial charge in [-0.3, -0.25) is 4.79 Å². The van der Waals surface area contributed by atoms with E-state index < -0.39 is 12.6 Å². The molecular weight excluding hydrogens is 289 g/mol. The number of unbranched alkanes of at least 4 members (excludes halogenated alkanes) is 1. The van der Waals surface area contributed by atoms with Gasteiger partial charge in [-0.2, -0.15) is 13.2 Å². The van der Waals surface area contributed by atoms with Crippen molar-refractivity contribution in [1.82, 2.24) is 5.32 Å². The van der Waals surface area contributed by atoms with Gasteiger partial charge >= 0.3 is 6.18 Å². The molecule has 0 aliphatic heterocycles. The number of carbonyl (C=O) groups excluding carboxylic acids is 1. The molecule has 0 spiro atoms. The summed E-state index contributed by atoms with van der Waals surface area (Å²) in [6.45, 7) is 0.481. The Bertz CT molecular complexity index is 500. The molecule has 0 unspecified atom stereocenters. The van der Waals surface area contributed by atoms with Crippen molar-refractivity contribution < 1.29 is 18.0 Å². The van der Waals surface area contributed by atoms with Crippen molar-refractivity contribution in [3.63, 3.8) is 0 Å². The lowest BCUT2D eigenvalue weighted by Crippen LogP contribution is -2.23. The van der Waals surface area contributed by atoms with Crippen LogP contribution in [0.1, 0.15) is 33.8 Å². The second-order valence-corrected chi connectivity index (χ2v) is 5.08. The number of alkyl halides is 3. The number of hydrogen-bond acceptors (Lipinski definition) is 3. The number of nitrogens with one attached hydrogen (secondary N) is 1. The van der Waals surface area contributed by atoms with Gasteiger partial charge in [0.05, 0.1) is 16.3 Å². The highest BCUT2D eigenvalue weighted by atomic mass is 32.1. The van der Waals surface area contributed by atoms with Crippen LogP contribution in [0.5, 0.6) is 0 Å². The molecule has 0 aliphatic rings. The lowest BCUT2D eigenvalue weighted by molar-refractivity contribution is -0.135. The molecule has 0 aliphatic carbocycles. The van der Waals surface area contributed by atoms with E-state index in [-0.39, 0.29) is 25.4 Å². The summed E-state index contributed by atoms with van der Waals surface area (Å²) in [5, 5.41) is 2.59. The van der Waals surface area contributed by atoms with E-state index in [4.69, 9.17) is 5.73 Å². The topological polar surface area (TPSA) is 55.1 Å². The normalized spacial score (nSPS) is 10.8. The SMILES string of the molecule is NCC#Cc1ccc(C(=O)NCCCCC(F)(F)F)s1. The Kier molecular flexibility index (Phi) is 6.55. The van der Waals surface area contributed by atoms with Gasteiger partial charge in [0.1, 0.15) is 0 Å². The van der Waals surface area contributed by atoms with Crippen molar-refractivity contribution in [2.75, 3.05) is 13.1 Å². The Morgan fingerprint density at radius 3 is 2.75 bits per heavy atom. The first kappa shape index (κ1) is 16.5. The number of amides is 1. The molecule has 3 N–H and O–H groups in total. The van der Waals surface area contributed by atoms with E-state index in [2.05, 4.69) is 17.2 Å². The van der Waals surface area contributed by atoms with Crippen molar-refractivity contribution in [3.8, 4) is 11.8 Å². The van der Waals surface area contributed by atoms with Crippen LogP contribution in [0.4, 0.5) is 13.2 Å². The maximum atomic E-state index is 11.9. The quantitative estimate of drug-likeness (QED) is 0.649. The van der Waals surface area contributed by atoms with Crippen molar-refractivity contribution in [2.45, 2.75) is 25.4 Å². The van der Waals surface area contributed by atoms with E-state index in [1.807, 2.05) is 0 Å². The maximum absolute atomic E-state index is 11.9. The summed E-state index contributed by atoms with van der Waals surface area (Å²) in [4.78, 5) is 12.9. The van der Waals surface area contributed by atoms with Crippen molar-refractivity contribution in [1.29, 1.82) is 0 Å². The van der Waals surface area contributed by atoms with Gasteiger partial charge < -0.3 is 11.1 Å². The van der Waals surface area contributed by atoms with Crippen molar-refractivity contribution in [3.05, 3.63) is 21.9 Å². The fourth-order valence-electron chi connectivity index (χ4n) is 1.40. The van der Waals surface area contributed by atoms with Gasteiger partial charge in [0.25, 0.3) is 5.91 Å². The van der Waals surface area contributed by atoms with Crippen LogP contribution in [0.2, 0.25) is 0 Å². The molecule has 0 saturated heterocycles. The molecule has 110 valence electrons. The minimum atomic E-state index is -4.13. The van der Waals surface area contributed by atoms with E-state index >= 15 is 0 Å². The number of thiophene rings is 1. The van der Waals surface area contributed by atoms with Crippen molar-refractivity contribution >= 4 is 17.2 Å². The van der Waals surface area contributed by atoms with Crippen LogP contribution < -0.4 is 11.1 Å². The Hall–Kier alpha value is -1.52. The van der Waals surface area contributed by atoms with Gasteiger partial charge in [-0.15, -0.1) is 11.3 Å². The van der Waals surface area contributed by atoms with Crippen molar-refractivity contribution in [2.24, 2.45) is 5.73 Å². The predicted molar refractivity (Wildman–Crippen MR) is 72.5 cm³/mol. The zero-order valence-electron chi connectivity index (χ0n) is 10.7. The lowest BCUT2D eigenvalue weighted by atomic mass is 10.2. The largest absolute Gasteiger partial charge is 0.389 e. The number of hydrogen-bond donors (Lipinski definition) is 2.